The molecule has 1 aromatic rings. The zero-order valence-electron chi connectivity index (χ0n) is 10.5. The van der Waals surface area contributed by atoms with Gasteiger partial charge in [0.05, 0.1) is 13.2 Å². The second-order valence-corrected chi connectivity index (χ2v) is 5.86. The van der Waals surface area contributed by atoms with Crippen LogP contribution in [0.5, 0.6) is 11.5 Å². The quantitative estimate of drug-likeness (QED) is 0.851. The van der Waals surface area contributed by atoms with Crippen molar-refractivity contribution in [3.63, 3.8) is 0 Å². The van der Waals surface area contributed by atoms with Crippen LogP contribution in [0.15, 0.2) is 23.1 Å². The Hall–Kier alpha value is -0.870. The van der Waals surface area contributed by atoms with Crippen LogP contribution in [-0.2, 0) is 0 Å². The van der Waals surface area contributed by atoms with Crippen molar-refractivity contribution in [3.05, 3.63) is 18.2 Å². The molecule has 0 radical (unpaired) electrons. The predicted molar refractivity (Wildman–Crippen MR) is 73.8 cm³/mol. The summed E-state index contributed by atoms with van der Waals surface area (Å²) in [4.78, 5) is 1.27. The van der Waals surface area contributed by atoms with E-state index in [2.05, 4.69) is 17.4 Å². The molecule has 0 spiro atoms. The highest BCUT2D eigenvalue weighted by Crippen LogP contribution is 2.34. The number of benzene rings is 1. The number of thioether (sulfide) groups is 1. The van der Waals surface area contributed by atoms with Gasteiger partial charge in [-0.15, -0.1) is 11.8 Å². The SMILES string of the molecule is c1cc2c(cc1SCC1CCCN1)OCCCO2. The summed E-state index contributed by atoms with van der Waals surface area (Å²) >= 11 is 1.90. The Kier molecular flexibility index (Phi) is 3.96. The van der Waals surface area contributed by atoms with Crippen LogP contribution in [-0.4, -0.2) is 31.6 Å². The largest absolute Gasteiger partial charge is 0.490 e. The summed E-state index contributed by atoms with van der Waals surface area (Å²) in [5.41, 5.74) is 0. The lowest BCUT2D eigenvalue weighted by Gasteiger charge is -2.11. The molecule has 1 atom stereocenters. The van der Waals surface area contributed by atoms with Gasteiger partial charge in [0.15, 0.2) is 11.5 Å². The Morgan fingerprint density at radius 1 is 1.17 bits per heavy atom. The average molecular weight is 265 g/mol. The van der Waals surface area contributed by atoms with Crippen LogP contribution in [0.3, 0.4) is 0 Å². The summed E-state index contributed by atoms with van der Waals surface area (Å²) in [5, 5.41) is 3.52. The van der Waals surface area contributed by atoms with Crippen molar-refractivity contribution >= 4 is 11.8 Å². The van der Waals surface area contributed by atoms with Gasteiger partial charge in [-0.25, -0.2) is 0 Å². The lowest BCUT2D eigenvalue weighted by Crippen LogP contribution is -2.23. The third-order valence-corrected chi connectivity index (χ3v) is 4.49. The number of rotatable bonds is 3. The van der Waals surface area contributed by atoms with Gasteiger partial charge in [-0.05, 0) is 37.6 Å². The van der Waals surface area contributed by atoms with Crippen molar-refractivity contribution in [2.24, 2.45) is 0 Å². The van der Waals surface area contributed by atoms with Crippen LogP contribution in [0.25, 0.3) is 0 Å². The van der Waals surface area contributed by atoms with E-state index in [-0.39, 0.29) is 0 Å². The maximum atomic E-state index is 5.71. The van der Waals surface area contributed by atoms with Crippen molar-refractivity contribution in [1.29, 1.82) is 0 Å². The van der Waals surface area contributed by atoms with Gasteiger partial charge in [0.2, 0.25) is 0 Å². The van der Waals surface area contributed by atoms with Gasteiger partial charge in [-0.3, -0.25) is 0 Å². The topological polar surface area (TPSA) is 30.5 Å². The monoisotopic (exact) mass is 265 g/mol. The van der Waals surface area contributed by atoms with Crippen LogP contribution in [0.1, 0.15) is 19.3 Å². The Morgan fingerprint density at radius 3 is 2.89 bits per heavy atom. The zero-order chi connectivity index (χ0) is 12.2. The highest BCUT2D eigenvalue weighted by molar-refractivity contribution is 7.99. The minimum Gasteiger partial charge on any atom is -0.490 e. The predicted octanol–water partition coefficient (Wildman–Crippen LogP) is 2.69. The Morgan fingerprint density at radius 2 is 2.06 bits per heavy atom. The second-order valence-electron chi connectivity index (χ2n) is 4.76. The molecule has 0 saturated carbocycles. The van der Waals surface area contributed by atoms with Gasteiger partial charge in [0, 0.05) is 23.1 Å². The van der Waals surface area contributed by atoms with Gasteiger partial charge in [0.25, 0.3) is 0 Å². The third kappa shape index (κ3) is 2.93. The van der Waals surface area contributed by atoms with E-state index in [1.165, 1.54) is 24.3 Å². The van der Waals surface area contributed by atoms with Crippen molar-refractivity contribution in [2.75, 3.05) is 25.5 Å². The summed E-state index contributed by atoms with van der Waals surface area (Å²) in [5.74, 6) is 2.92. The highest BCUT2D eigenvalue weighted by atomic mass is 32.2. The molecule has 0 aromatic heterocycles. The van der Waals surface area contributed by atoms with E-state index < -0.39 is 0 Å². The molecule has 4 heteroatoms. The fraction of sp³-hybridized carbons (Fsp3) is 0.571. The standard InChI is InChI=1S/C14H19NO2S/c1-3-11(15-6-1)10-18-12-4-5-13-14(9-12)17-8-2-7-16-13/h4-5,9,11,15H,1-3,6-8,10H2. The number of nitrogens with one attached hydrogen (secondary N) is 1. The molecule has 1 unspecified atom stereocenters. The number of hydrogen-bond donors (Lipinski definition) is 1. The summed E-state index contributed by atoms with van der Waals surface area (Å²) < 4.78 is 11.3. The number of hydrogen-bond acceptors (Lipinski definition) is 4. The van der Waals surface area contributed by atoms with E-state index in [0.717, 1.165) is 36.9 Å². The van der Waals surface area contributed by atoms with E-state index >= 15 is 0 Å². The molecule has 0 amide bonds. The van der Waals surface area contributed by atoms with E-state index in [0.29, 0.717) is 6.04 Å². The first-order valence-corrected chi connectivity index (χ1v) is 7.66. The first-order valence-electron chi connectivity index (χ1n) is 6.68. The first-order chi connectivity index (χ1) is 8.92. The van der Waals surface area contributed by atoms with E-state index in [1.54, 1.807) is 0 Å². The van der Waals surface area contributed by atoms with E-state index in [1.807, 2.05) is 17.8 Å². The summed E-state index contributed by atoms with van der Waals surface area (Å²) in [7, 11) is 0. The van der Waals surface area contributed by atoms with Crippen LogP contribution in [0, 0.1) is 0 Å². The summed E-state index contributed by atoms with van der Waals surface area (Å²) in [6.45, 7) is 2.68. The molecule has 1 fully saturated rings. The second kappa shape index (κ2) is 5.85. The van der Waals surface area contributed by atoms with Crippen LogP contribution in [0.2, 0.25) is 0 Å². The van der Waals surface area contributed by atoms with Crippen molar-refractivity contribution in [1.82, 2.24) is 5.32 Å². The van der Waals surface area contributed by atoms with Crippen LogP contribution >= 0.6 is 11.8 Å². The minimum atomic E-state index is 0.672. The van der Waals surface area contributed by atoms with Gasteiger partial charge >= 0.3 is 0 Å². The molecule has 3 nitrogen and oxygen atoms in total. The van der Waals surface area contributed by atoms with Crippen molar-refractivity contribution < 1.29 is 9.47 Å². The molecular formula is C14H19NO2S. The number of fused-ring (bicyclic) bond motifs is 1. The molecule has 1 N–H and O–H groups in total. The molecule has 18 heavy (non-hydrogen) atoms. The van der Waals surface area contributed by atoms with Gasteiger partial charge < -0.3 is 14.8 Å². The lowest BCUT2D eigenvalue weighted by atomic mass is 10.3. The van der Waals surface area contributed by atoms with Gasteiger partial charge in [-0.1, -0.05) is 0 Å². The van der Waals surface area contributed by atoms with Crippen molar-refractivity contribution in [2.45, 2.75) is 30.2 Å². The normalized spacial score (nSPS) is 22.8. The fourth-order valence-corrected chi connectivity index (χ4v) is 3.36. The molecule has 0 aliphatic carbocycles. The van der Waals surface area contributed by atoms with Crippen LogP contribution in [0.4, 0.5) is 0 Å². The maximum absolute atomic E-state index is 5.71. The molecule has 0 bridgehead atoms. The van der Waals surface area contributed by atoms with Crippen molar-refractivity contribution in [3.8, 4) is 11.5 Å². The Labute approximate surface area is 112 Å². The lowest BCUT2D eigenvalue weighted by molar-refractivity contribution is 0.297. The molecule has 2 heterocycles. The Bertz CT molecular complexity index is 405. The molecule has 1 aromatic carbocycles. The molecule has 2 aliphatic rings. The first kappa shape index (κ1) is 12.2. The Balaban J connectivity index is 1.63. The molecule has 1 saturated heterocycles. The zero-order valence-corrected chi connectivity index (χ0v) is 11.3. The summed E-state index contributed by atoms with van der Waals surface area (Å²) in [6.07, 6.45) is 3.58. The molecule has 3 rings (SSSR count). The molecule has 2 aliphatic heterocycles. The molecule has 98 valence electrons. The maximum Gasteiger partial charge on any atom is 0.162 e. The summed E-state index contributed by atoms with van der Waals surface area (Å²) in [6, 6.07) is 6.95. The van der Waals surface area contributed by atoms with E-state index in [4.69, 9.17) is 9.47 Å². The smallest absolute Gasteiger partial charge is 0.162 e. The fourth-order valence-electron chi connectivity index (χ4n) is 2.33. The average Bonchev–Trinajstić information content (AvgIpc) is 2.80. The van der Waals surface area contributed by atoms with E-state index in [9.17, 15) is 0 Å². The van der Waals surface area contributed by atoms with Gasteiger partial charge in [0.1, 0.15) is 0 Å². The molecular weight excluding hydrogens is 246 g/mol. The third-order valence-electron chi connectivity index (χ3n) is 3.33. The highest BCUT2D eigenvalue weighted by Gasteiger charge is 2.15. The van der Waals surface area contributed by atoms with Gasteiger partial charge in [-0.2, -0.15) is 0 Å². The minimum absolute atomic E-state index is 0.672. The van der Waals surface area contributed by atoms with Crippen LogP contribution < -0.4 is 14.8 Å². The number of ether oxygens (including phenoxy) is 2.